The average Bonchev–Trinajstić information content (AvgIpc) is 2.47. The number of carboxylic acid groups (broad SMARTS) is 1. The Labute approximate surface area is 130 Å². The molecular weight excluding hydrogens is 339 g/mol. The molecule has 0 saturated carbocycles. The molecule has 2 rings (SSSR count). The van der Waals surface area contributed by atoms with Crippen LogP contribution in [-0.2, 0) is 11.2 Å². The molecular formula is C16H14BrFO3. The van der Waals surface area contributed by atoms with Crippen LogP contribution in [0.15, 0.2) is 46.9 Å². The van der Waals surface area contributed by atoms with Gasteiger partial charge in [0, 0.05) is 4.47 Å². The minimum atomic E-state index is -0.948. The third kappa shape index (κ3) is 3.82. The smallest absolute Gasteiger partial charge is 0.311 e. The quantitative estimate of drug-likeness (QED) is 0.884. The molecule has 0 spiro atoms. The van der Waals surface area contributed by atoms with E-state index in [-0.39, 0.29) is 5.82 Å². The Balaban J connectivity index is 2.32. The van der Waals surface area contributed by atoms with Gasteiger partial charge in [0.2, 0.25) is 0 Å². The highest BCUT2D eigenvalue weighted by atomic mass is 79.9. The summed E-state index contributed by atoms with van der Waals surface area (Å²) >= 11 is 3.41. The first-order valence-electron chi connectivity index (χ1n) is 6.32. The molecule has 1 unspecified atom stereocenters. The van der Waals surface area contributed by atoms with Gasteiger partial charge in [-0.2, -0.15) is 0 Å². The van der Waals surface area contributed by atoms with Crippen molar-refractivity contribution in [2.24, 2.45) is 0 Å². The number of halogens is 2. The molecule has 0 radical (unpaired) electrons. The molecule has 0 aliphatic rings. The lowest BCUT2D eigenvalue weighted by molar-refractivity contribution is -0.138. The number of aliphatic carboxylic acids is 1. The highest BCUT2D eigenvalue weighted by molar-refractivity contribution is 9.10. The molecule has 0 heterocycles. The number of methoxy groups -OCH3 is 1. The maximum absolute atomic E-state index is 13.0. The van der Waals surface area contributed by atoms with Crippen LogP contribution >= 0.6 is 15.9 Å². The lowest BCUT2D eigenvalue weighted by atomic mass is 9.92. The maximum atomic E-state index is 13.0. The highest BCUT2D eigenvalue weighted by Crippen LogP contribution is 2.29. The van der Waals surface area contributed by atoms with Crippen LogP contribution in [0, 0.1) is 5.82 Å². The van der Waals surface area contributed by atoms with Crippen LogP contribution < -0.4 is 4.74 Å². The molecule has 0 aliphatic heterocycles. The van der Waals surface area contributed by atoms with Crippen molar-refractivity contribution in [1.82, 2.24) is 0 Å². The molecule has 0 aromatic heterocycles. The van der Waals surface area contributed by atoms with Gasteiger partial charge in [0.1, 0.15) is 11.6 Å². The molecule has 1 atom stereocenters. The number of rotatable bonds is 5. The zero-order valence-electron chi connectivity index (χ0n) is 11.3. The third-order valence-corrected chi connectivity index (χ3v) is 4.02. The van der Waals surface area contributed by atoms with E-state index in [2.05, 4.69) is 15.9 Å². The predicted molar refractivity (Wildman–Crippen MR) is 81.2 cm³/mol. The molecule has 1 N–H and O–H groups in total. The van der Waals surface area contributed by atoms with E-state index >= 15 is 0 Å². The fourth-order valence-corrected chi connectivity index (χ4v) is 2.51. The summed E-state index contributed by atoms with van der Waals surface area (Å²) < 4.78 is 18.9. The Kier molecular flexibility index (Phi) is 4.96. The van der Waals surface area contributed by atoms with E-state index < -0.39 is 11.9 Å². The second kappa shape index (κ2) is 6.72. The number of hydrogen-bond acceptors (Lipinski definition) is 2. The van der Waals surface area contributed by atoms with Crippen LogP contribution in [0.25, 0.3) is 0 Å². The largest absolute Gasteiger partial charge is 0.497 e. The van der Waals surface area contributed by atoms with Crippen molar-refractivity contribution in [3.05, 3.63) is 63.9 Å². The standard InChI is InChI=1S/C16H14BrFO3/c1-21-13-6-7-15(17)11(8-13)9-14(16(19)20)10-2-4-12(18)5-3-10/h2-8,14H,9H2,1H3,(H,19,20). The molecule has 0 saturated heterocycles. The first kappa shape index (κ1) is 15.5. The number of carboxylic acids is 1. The van der Waals surface area contributed by atoms with Crippen LogP contribution in [-0.4, -0.2) is 18.2 Å². The van der Waals surface area contributed by atoms with Gasteiger partial charge >= 0.3 is 5.97 Å². The van der Waals surface area contributed by atoms with E-state index in [0.717, 1.165) is 10.0 Å². The molecule has 0 aliphatic carbocycles. The summed E-state index contributed by atoms with van der Waals surface area (Å²) in [5.41, 5.74) is 1.39. The van der Waals surface area contributed by atoms with Crippen molar-refractivity contribution in [3.63, 3.8) is 0 Å². The van der Waals surface area contributed by atoms with Gasteiger partial charge in [-0.25, -0.2) is 4.39 Å². The van der Waals surface area contributed by atoms with Crippen molar-refractivity contribution < 1.29 is 19.0 Å². The van der Waals surface area contributed by atoms with Gasteiger partial charge in [0.15, 0.2) is 0 Å². The Morgan fingerprint density at radius 3 is 2.52 bits per heavy atom. The summed E-state index contributed by atoms with van der Waals surface area (Å²) in [5, 5.41) is 9.43. The van der Waals surface area contributed by atoms with Gasteiger partial charge in [-0.1, -0.05) is 28.1 Å². The van der Waals surface area contributed by atoms with E-state index in [1.807, 2.05) is 6.07 Å². The Morgan fingerprint density at radius 1 is 1.29 bits per heavy atom. The molecule has 2 aromatic carbocycles. The normalized spacial score (nSPS) is 12.0. The van der Waals surface area contributed by atoms with Gasteiger partial charge < -0.3 is 9.84 Å². The fraction of sp³-hybridized carbons (Fsp3) is 0.188. The van der Waals surface area contributed by atoms with Crippen LogP contribution in [0.5, 0.6) is 5.75 Å². The van der Waals surface area contributed by atoms with Gasteiger partial charge in [-0.05, 0) is 47.9 Å². The highest BCUT2D eigenvalue weighted by Gasteiger charge is 2.21. The second-order valence-corrected chi connectivity index (χ2v) is 5.46. The van der Waals surface area contributed by atoms with E-state index in [1.54, 1.807) is 19.2 Å². The fourth-order valence-electron chi connectivity index (χ4n) is 2.10. The number of hydrogen-bond donors (Lipinski definition) is 1. The summed E-state index contributed by atoms with van der Waals surface area (Å²) in [6.07, 6.45) is 0.290. The van der Waals surface area contributed by atoms with Crippen molar-refractivity contribution >= 4 is 21.9 Å². The SMILES string of the molecule is COc1ccc(Br)c(CC(C(=O)O)c2ccc(F)cc2)c1. The second-order valence-electron chi connectivity index (χ2n) is 4.60. The molecule has 3 nitrogen and oxygen atoms in total. The van der Waals surface area contributed by atoms with Crippen LogP contribution in [0.3, 0.4) is 0 Å². The van der Waals surface area contributed by atoms with E-state index in [0.29, 0.717) is 17.7 Å². The lowest BCUT2D eigenvalue weighted by Crippen LogP contribution is -2.14. The van der Waals surface area contributed by atoms with Crippen molar-refractivity contribution in [3.8, 4) is 5.75 Å². The Hall–Kier alpha value is -1.88. The minimum Gasteiger partial charge on any atom is -0.497 e. The molecule has 2 aromatic rings. The minimum absolute atomic E-state index is 0.290. The maximum Gasteiger partial charge on any atom is 0.311 e. The average molecular weight is 353 g/mol. The van der Waals surface area contributed by atoms with Crippen LogP contribution in [0.1, 0.15) is 17.0 Å². The van der Waals surface area contributed by atoms with E-state index in [1.165, 1.54) is 24.3 Å². The summed E-state index contributed by atoms with van der Waals surface area (Å²) in [6.45, 7) is 0. The molecule has 0 bridgehead atoms. The molecule has 0 amide bonds. The van der Waals surface area contributed by atoms with Crippen LogP contribution in [0.2, 0.25) is 0 Å². The first-order chi connectivity index (χ1) is 10.0. The molecule has 21 heavy (non-hydrogen) atoms. The number of carbonyl (C=O) groups is 1. The van der Waals surface area contributed by atoms with Gasteiger partial charge in [-0.3, -0.25) is 4.79 Å². The van der Waals surface area contributed by atoms with Crippen molar-refractivity contribution in [1.29, 1.82) is 0 Å². The summed E-state index contributed by atoms with van der Waals surface area (Å²) in [5.74, 6) is -1.41. The molecule has 5 heteroatoms. The van der Waals surface area contributed by atoms with Crippen molar-refractivity contribution in [2.45, 2.75) is 12.3 Å². The molecule has 110 valence electrons. The van der Waals surface area contributed by atoms with Gasteiger partial charge in [0.25, 0.3) is 0 Å². The third-order valence-electron chi connectivity index (χ3n) is 3.25. The van der Waals surface area contributed by atoms with Crippen molar-refractivity contribution in [2.75, 3.05) is 7.11 Å². The zero-order valence-corrected chi connectivity index (χ0v) is 12.9. The topological polar surface area (TPSA) is 46.5 Å². The monoisotopic (exact) mass is 352 g/mol. The van der Waals surface area contributed by atoms with Gasteiger partial charge in [-0.15, -0.1) is 0 Å². The Morgan fingerprint density at radius 2 is 1.95 bits per heavy atom. The number of benzene rings is 2. The first-order valence-corrected chi connectivity index (χ1v) is 7.11. The van der Waals surface area contributed by atoms with Crippen LogP contribution in [0.4, 0.5) is 4.39 Å². The lowest BCUT2D eigenvalue weighted by Gasteiger charge is -2.15. The molecule has 0 fully saturated rings. The predicted octanol–water partition coefficient (Wildman–Crippen LogP) is 4.01. The number of ether oxygens (including phenoxy) is 1. The zero-order chi connectivity index (χ0) is 15.4. The van der Waals surface area contributed by atoms with E-state index in [4.69, 9.17) is 4.74 Å². The summed E-state index contributed by atoms with van der Waals surface area (Å²) in [4.78, 5) is 11.5. The Bertz CT molecular complexity index is 640. The summed E-state index contributed by atoms with van der Waals surface area (Å²) in [7, 11) is 1.56. The van der Waals surface area contributed by atoms with E-state index in [9.17, 15) is 14.3 Å². The summed E-state index contributed by atoms with van der Waals surface area (Å²) in [6, 6.07) is 10.9. The van der Waals surface area contributed by atoms with Gasteiger partial charge in [0.05, 0.1) is 13.0 Å².